The lowest BCUT2D eigenvalue weighted by molar-refractivity contribution is 0.102. The summed E-state index contributed by atoms with van der Waals surface area (Å²) in [4.78, 5) is 34.6. The number of fused-ring (bicyclic) bond motifs is 1. The largest absolute Gasteiger partial charge is 0.360 e. The van der Waals surface area contributed by atoms with E-state index in [1.165, 1.54) is 19.0 Å². The van der Waals surface area contributed by atoms with Gasteiger partial charge in [0.25, 0.3) is 5.91 Å². The van der Waals surface area contributed by atoms with E-state index in [1.54, 1.807) is 24.4 Å². The molecular formula is C19H18N4O2. The van der Waals surface area contributed by atoms with Gasteiger partial charge in [-0.2, -0.15) is 0 Å². The summed E-state index contributed by atoms with van der Waals surface area (Å²) in [6.45, 7) is 2.04. The molecule has 0 unspecified atom stereocenters. The first kappa shape index (κ1) is 15.4. The number of aromatic nitrogens is 2. The maximum atomic E-state index is 12.5. The fourth-order valence-corrected chi connectivity index (χ4v) is 3.13. The van der Waals surface area contributed by atoms with Gasteiger partial charge >= 0.3 is 0 Å². The first-order chi connectivity index (χ1) is 12.2. The normalized spacial score (nSPS) is 14.0. The third-order valence-electron chi connectivity index (χ3n) is 4.47. The molecule has 126 valence electrons. The van der Waals surface area contributed by atoms with Gasteiger partial charge in [0.05, 0.1) is 11.9 Å². The smallest absolute Gasteiger partial charge is 0.261 e. The Morgan fingerprint density at radius 2 is 1.92 bits per heavy atom. The average Bonchev–Trinajstić information content (AvgIpc) is 3.17. The van der Waals surface area contributed by atoms with Gasteiger partial charge in [0, 0.05) is 30.2 Å². The topological polar surface area (TPSA) is 78.1 Å². The van der Waals surface area contributed by atoms with E-state index in [9.17, 15) is 9.59 Å². The van der Waals surface area contributed by atoms with Gasteiger partial charge in [-0.25, -0.2) is 4.98 Å². The van der Waals surface area contributed by atoms with Crippen molar-refractivity contribution in [1.82, 2.24) is 9.97 Å². The molecular weight excluding hydrogens is 316 g/mol. The van der Waals surface area contributed by atoms with E-state index in [-0.39, 0.29) is 11.0 Å². The molecule has 2 N–H and O–H groups in total. The number of hydrogen-bond donors (Lipinski definition) is 2. The summed E-state index contributed by atoms with van der Waals surface area (Å²) in [6, 6.07) is 10.8. The van der Waals surface area contributed by atoms with Crippen molar-refractivity contribution >= 4 is 28.3 Å². The standard InChI is InChI=1S/C19H18N4O2/c24-18-14-5-1-2-6-16(14)20-12-15(18)19(25)22-13-7-8-17(21-11-13)23-9-3-4-10-23/h1-2,5-8,11-12H,3-4,9-10H2,(H,20,24)(H,22,25). The highest BCUT2D eigenvalue weighted by Crippen LogP contribution is 2.19. The molecule has 0 spiro atoms. The van der Waals surface area contributed by atoms with E-state index in [0.717, 1.165) is 18.9 Å². The van der Waals surface area contributed by atoms with Gasteiger partial charge in [-0.1, -0.05) is 12.1 Å². The Bertz CT molecular complexity index is 973. The molecule has 0 atom stereocenters. The van der Waals surface area contributed by atoms with E-state index >= 15 is 0 Å². The lowest BCUT2D eigenvalue weighted by atomic mass is 10.1. The molecule has 0 aliphatic carbocycles. The van der Waals surface area contributed by atoms with Gasteiger partial charge in [-0.3, -0.25) is 9.59 Å². The zero-order valence-electron chi connectivity index (χ0n) is 13.7. The number of para-hydroxylation sites is 1. The van der Waals surface area contributed by atoms with E-state index in [2.05, 4.69) is 20.2 Å². The first-order valence-corrected chi connectivity index (χ1v) is 8.35. The second kappa shape index (κ2) is 6.39. The third-order valence-corrected chi connectivity index (χ3v) is 4.47. The number of rotatable bonds is 3. The van der Waals surface area contributed by atoms with E-state index in [4.69, 9.17) is 0 Å². The predicted molar refractivity (Wildman–Crippen MR) is 98.2 cm³/mol. The second-order valence-corrected chi connectivity index (χ2v) is 6.13. The van der Waals surface area contributed by atoms with Gasteiger partial charge in [0.1, 0.15) is 11.4 Å². The molecule has 3 aromatic rings. The number of carbonyl (C=O) groups is 1. The molecule has 6 nitrogen and oxygen atoms in total. The lowest BCUT2D eigenvalue weighted by Crippen LogP contribution is -2.22. The number of carbonyl (C=O) groups excluding carboxylic acids is 1. The Balaban J connectivity index is 1.55. The van der Waals surface area contributed by atoms with Crippen LogP contribution in [0.4, 0.5) is 11.5 Å². The van der Waals surface area contributed by atoms with Crippen LogP contribution in [0.5, 0.6) is 0 Å². The maximum absolute atomic E-state index is 12.5. The summed E-state index contributed by atoms with van der Waals surface area (Å²) in [6.07, 6.45) is 5.45. The number of H-pyrrole nitrogens is 1. The van der Waals surface area contributed by atoms with Crippen molar-refractivity contribution in [2.75, 3.05) is 23.3 Å². The number of hydrogen-bond acceptors (Lipinski definition) is 4. The minimum atomic E-state index is -0.442. The fraction of sp³-hybridized carbons (Fsp3) is 0.211. The van der Waals surface area contributed by atoms with Crippen molar-refractivity contribution in [3.8, 4) is 0 Å². The van der Waals surface area contributed by atoms with E-state index in [1.807, 2.05) is 18.2 Å². The molecule has 0 saturated carbocycles. The number of anilines is 2. The molecule has 3 heterocycles. The molecule has 6 heteroatoms. The van der Waals surface area contributed by atoms with Crippen LogP contribution in [0.1, 0.15) is 23.2 Å². The summed E-state index contributed by atoms with van der Waals surface area (Å²) < 4.78 is 0. The van der Waals surface area contributed by atoms with Gasteiger partial charge in [-0.05, 0) is 37.1 Å². The zero-order chi connectivity index (χ0) is 17.2. The van der Waals surface area contributed by atoms with Gasteiger partial charge in [0.2, 0.25) is 5.43 Å². The summed E-state index contributed by atoms with van der Waals surface area (Å²) >= 11 is 0. The monoisotopic (exact) mass is 334 g/mol. The van der Waals surface area contributed by atoms with Crippen LogP contribution in [0, 0.1) is 0 Å². The number of nitrogens with one attached hydrogen (secondary N) is 2. The van der Waals surface area contributed by atoms with Crippen molar-refractivity contribution in [3.05, 3.63) is 64.6 Å². The van der Waals surface area contributed by atoms with Crippen molar-refractivity contribution in [1.29, 1.82) is 0 Å². The van der Waals surface area contributed by atoms with Crippen LogP contribution >= 0.6 is 0 Å². The van der Waals surface area contributed by atoms with Gasteiger partial charge in [-0.15, -0.1) is 0 Å². The number of benzene rings is 1. The summed E-state index contributed by atoms with van der Waals surface area (Å²) in [5.41, 5.74) is 1.08. The molecule has 1 fully saturated rings. The summed E-state index contributed by atoms with van der Waals surface area (Å²) in [7, 11) is 0. The Morgan fingerprint density at radius 1 is 1.12 bits per heavy atom. The van der Waals surface area contributed by atoms with Crippen LogP contribution in [0.25, 0.3) is 10.9 Å². The minimum Gasteiger partial charge on any atom is -0.360 e. The fourth-order valence-electron chi connectivity index (χ4n) is 3.13. The molecule has 1 saturated heterocycles. The van der Waals surface area contributed by atoms with Gasteiger partial charge in [0.15, 0.2) is 0 Å². The highest BCUT2D eigenvalue weighted by molar-refractivity contribution is 6.05. The molecule has 4 rings (SSSR count). The highest BCUT2D eigenvalue weighted by Gasteiger charge is 2.15. The number of amides is 1. The zero-order valence-corrected chi connectivity index (χ0v) is 13.7. The Morgan fingerprint density at radius 3 is 2.68 bits per heavy atom. The molecule has 0 bridgehead atoms. The summed E-state index contributed by atoms with van der Waals surface area (Å²) in [5, 5.41) is 3.24. The van der Waals surface area contributed by atoms with Crippen molar-refractivity contribution < 1.29 is 4.79 Å². The number of pyridine rings is 2. The molecule has 0 radical (unpaired) electrons. The second-order valence-electron chi connectivity index (χ2n) is 6.13. The molecule has 1 aliphatic heterocycles. The SMILES string of the molecule is O=C(Nc1ccc(N2CCCC2)nc1)c1c[nH]c2ccccc2c1=O. The van der Waals surface area contributed by atoms with Crippen LogP contribution in [0.2, 0.25) is 0 Å². The Hall–Kier alpha value is -3.15. The highest BCUT2D eigenvalue weighted by atomic mass is 16.2. The minimum absolute atomic E-state index is 0.0855. The van der Waals surface area contributed by atoms with Crippen molar-refractivity contribution in [3.63, 3.8) is 0 Å². The maximum Gasteiger partial charge on any atom is 0.261 e. The van der Waals surface area contributed by atoms with Crippen molar-refractivity contribution in [2.45, 2.75) is 12.8 Å². The third kappa shape index (κ3) is 2.98. The molecule has 1 amide bonds. The lowest BCUT2D eigenvalue weighted by Gasteiger charge is -2.16. The Kier molecular flexibility index (Phi) is 3.93. The van der Waals surface area contributed by atoms with E-state index in [0.29, 0.717) is 16.6 Å². The molecule has 2 aromatic heterocycles. The Labute approximate surface area is 144 Å². The predicted octanol–water partition coefficient (Wildman–Crippen LogP) is 2.78. The van der Waals surface area contributed by atoms with Crippen LogP contribution in [0.15, 0.2) is 53.6 Å². The van der Waals surface area contributed by atoms with E-state index < -0.39 is 5.91 Å². The van der Waals surface area contributed by atoms with Gasteiger partial charge < -0.3 is 15.2 Å². The summed E-state index contributed by atoms with van der Waals surface area (Å²) in [5.74, 6) is 0.474. The van der Waals surface area contributed by atoms with Crippen LogP contribution in [-0.4, -0.2) is 29.0 Å². The average molecular weight is 334 g/mol. The molecule has 1 aromatic carbocycles. The first-order valence-electron chi connectivity index (χ1n) is 8.35. The van der Waals surface area contributed by atoms with Crippen LogP contribution < -0.4 is 15.6 Å². The number of nitrogens with zero attached hydrogens (tertiary/aromatic N) is 2. The van der Waals surface area contributed by atoms with Crippen molar-refractivity contribution in [2.24, 2.45) is 0 Å². The number of aromatic amines is 1. The molecule has 25 heavy (non-hydrogen) atoms. The molecule has 1 aliphatic rings. The van der Waals surface area contributed by atoms with Crippen LogP contribution in [0.3, 0.4) is 0 Å². The van der Waals surface area contributed by atoms with Crippen LogP contribution in [-0.2, 0) is 0 Å². The quantitative estimate of drug-likeness (QED) is 0.772.